The van der Waals surface area contributed by atoms with Crippen molar-refractivity contribution in [1.29, 1.82) is 0 Å². The van der Waals surface area contributed by atoms with Crippen LogP contribution in [0.3, 0.4) is 0 Å². The van der Waals surface area contributed by atoms with Crippen molar-refractivity contribution in [3.05, 3.63) is 51.8 Å². The number of hydrogen-bond donors (Lipinski definition) is 0. The maximum Gasteiger partial charge on any atom is 0.270 e. The quantitative estimate of drug-likeness (QED) is 0.372. The van der Waals surface area contributed by atoms with Gasteiger partial charge in [0.25, 0.3) is 5.91 Å². The number of benzene rings is 1. The van der Waals surface area contributed by atoms with Gasteiger partial charge < -0.3 is 19.1 Å². The predicted molar refractivity (Wildman–Crippen MR) is 156 cm³/mol. The number of halogens is 2. The van der Waals surface area contributed by atoms with Crippen LogP contribution in [0.1, 0.15) is 37.2 Å². The number of carbonyl (C=O) groups is 1. The first-order valence-electron chi connectivity index (χ1n) is 13.1. The monoisotopic (exact) mass is 637 g/mol. The summed E-state index contributed by atoms with van der Waals surface area (Å²) < 4.78 is 34.4. The van der Waals surface area contributed by atoms with Gasteiger partial charge in [0.2, 0.25) is 10.0 Å². The van der Waals surface area contributed by atoms with Crippen LogP contribution in [0.2, 0.25) is 5.15 Å². The molecule has 0 spiro atoms. The van der Waals surface area contributed by atoms with E-state index in [-0.39, 0.29) is 25.1 Å². The molecule has 3 aromatic rings. The third-order valence-electron chi connectivity index (χ3n) is 7.54. The molecule has 210 valence electrons. The highest BCUT2D eigenvalue weighted by atomic mass is 79.9. The molecule has 12 heteroatoms. The molecule has 0 unspecified atom stereocenters. The van der Waals surface area contributed by atoms with Crippen LogP contribution >= 0.6 is 27.5 Å². The minimum atomic E-state index is -3.30. The lowest BCUT2D eigenvalue weighted by Gasteiger charge is -2.34. The first kappa shape index (κ1) is 28.4. The average molecular weight is 639 g/mol. The molecule has 5 rings (SSSR count). The summed E-state index contributed by atoms with van der Waals surface area (Å²) in [5.74, 6) is 0.572. The lowest BCUT2D eigenvalue weighted by atomic mass is 10.1. The second-order valence-electron chi connectivity index (χ2n) is 10.4. The van der Waals surface area contributed by atoms with Crippen molar-refractivity contribution >= 4 is 54.4 Å². The van der Waals surface area contributed by atoms with Crippen molar-refractivity contribution in [3.63, 3.8) is 0 Å². The summed E-state index contributed by atoms with van der Waals surface area (Å²) in [5.41, 5.74) is 2.00. The fourth-order valence-electron chi connectivity index (χ4n) is 5.34. The van der Waals surface area contributed by atoms with Gasteiger partial charge in [-0.1, -0.05) is 11.6 Å². The van der Waals surface area contributed by atoms with Crippen LogP contribution in [0, 0.1) is 0 Å². The Kier molecular flexibility index (Phi) is 8.26. The van der Waals surface area contributed by atoms with Gasteiger partial charge in [-0.05, 0) is 73.0 Å². The van der Waals surface area contributed by atoms with Gasteiger partial charge >= 0.3 is 0 Å². The Hall–Kier alpha value is -2.18. The maximum atomic E-state index is 13.8. The molecule has 1 amide bonds. The van der Waals surface area contributed by atoms with E-state index in [4.69, 9.17) is 16.3 Å². The Labute approximate surface area is 242 Å². The second-order valence-corrected chi connectivity index (χ2v) is 13.7. The number of pyridine rings is 1. The molecule has 0 bridgehead atoms. The zero-order valence-corrected chi connectivity index (χ0v) is 25.5. The molecule has 2 aliphatic heterocycles. The van der Waals surface area contributed by atoms with Crippen LogP contribution in [0.15, 0.2) is 41.0 Å². The molecule has 2 aromatic heterocycles. The molecule has 4 heterocycles. The topological polar surface area (TPSA) is 88.0 Å². The van der Waals surface area contributed by atoms with E-state index in [9.17, 15) is 13.2 Å². The summed E-state index contributed by atoms with van der Waals surface area (Å²) in [7, 11) is -3.30. The molecular weight excluding hydrogens is 606 g/mol. The summed E-state index contributed by atoms with van der Waals surface area (Å²) in [6.45, 7) is 7.62. The van der Waals surface area contributed by atoms with E-state index in [1.807, 2.05) is 28.8 Å². The summed E-state index contributed by atoms with van der Waals surface area (Å²) in [4.78, 5) is 22.1. The molecule has 0 saturated carbocycles. The van der Waals surface area contributed by atoms with Crippen LogP contribution in [0.4, 0.5) is 0 Å². The van der Waals surface area contributed by atoms with Gasteiger partial charge in [0.05, 0.1) is 21.9 Å². The normalized spacial score (nSPS) is 18.3. The van der Waals surface area contributed by atoms with Gasteiger partial charge in [0.1, 0.15) is 22.7 Å². The molecule has 2 saturated heterocycles. The number of rotatable bonds is 6. The Morgan fingerprint density at radius 3 is 2.38 bits per heavy atom. The molecule has 0 atom stereocenters. The number of likely N-dealkylation sites (tertiary alicyclic amines) is 1. The lowest BCUT2D eigenvalue weighted by Crippen LogP contribution is -2.50. The van der Waals surface area contributed by atoms with Gasteiger partial charge in [-0.3, -0.25) is 4.79 Å². The predicted octanol–water partition coefficient (Wildman–Crippen LogP) is 4.41. The number of ether oxygens (including phenoxy) is 1. The third-order valence-corrected chi connectivity index (χ3v) is 9.67. The van der Waals surface area contributed by atoms with Crippen LogP contribution in [-0.2, 0) is 10.0 Å². The molecule has 2 fully saturated rings. The summed E-state index contributed by atoms with van der Waals surface area (Å²) in [6.07, 6.45) is 4.85. The van der Waals surface area contributed by atoms with E-state index in [1.165, 1.54) is 10.6 Å². The fraction of sp³-hybridized carbons (Fsp3) is 0.481. The zero-order chi connectivity index (χ0) is 27.9. The number of nitrogens with zero attached hydrogens (tertiary/aromatic N) is 5. The van der Waals surface area contributed by atoms with Crippen molar-refractivity contribution < 1.29 is 17.9 Å². The summed E-state index contributed by atoms with van der Waals surface area (Å²) in [5, 5.41) is 1.18. The zero-order valence-electron chi connectivity index (χ0n) is 22.3. The molecule has 0 aliphatic carbocycles. The van der Waals surface area contributed by atoms with Crippen molar-refractivity contribution in [2.75, 3.05) is 45.5 Å². The SMILES string of the molecule is CC(C)N1CCC(Oc2cc3cc(C(=O)N4CCN(S(C)(=O)=O)CC4)n(-c4ccnc(Cl)c4)c3cc2Br)CC1. The number of sulfonamides is 1. The number of hydrogen-bond acceptors (Lipinski definition) is 6. The first-order valence-corrected chi connectivity index (χ1v) is 16.1. The fourth-order valence-corrected chi connectivity index (χ4v) is 6.76. The third kappa shape index (κ3) is 6.12. The molecule has 2 aliphatic rings. The van der Waals surface area contributed by atoms with Gasteiger partial charge in [-0.25, -0.2) is 13.4 Å². The number of fused-ring (bicyclic) bond motifs is 1. The standard InChI is InChI=1S/C27H33BrClN5O4S/c1-18(2)31-8-5-21(6-9-31)38-25-15-19-14-24(27(35)32-10-12-33(13-11-32)39(3,36)37)34(23(19)17-22(25)28)20-4-7-30-26(29)16-20/h4,7,14-18,21H,5-6,8-13H2,1-3H3. The Balaban J connectivity index is 1.48. The summed E-state index contributed by atoms with van der Waals surface area (Å²) in [6, 6.07) is 9.88. The van der Waals surface area contributed by atoms with E-state index in [0.717, 1.165) is 47.1 Å². The molecule has 39 heavy (non-hydrogen) atoms. The smallest absolute Gasteiger partial charge is 0.270 e. The van der Waals surface area contributed by atoms with E-state index >= 15 is 0 Å². The Bertz CT molecular complexity index is 1480. The summed E-state index contributed by atoms with van der Waals surface area (Å²) >= 11 is 9.94. The minimum Gasteiger partial charge on any atom is -0.489 e. The van der Waals surface area contributed by atoms with Crippen LogP contribution < -0.4 is 4.74 Å². The molecule has 0 radical (unpaired) electrons. The first-order chi connectivity index (χ1) is 18.5. The van der Waals surface area contributed by atoms with Crippen molar-refractivity contribution in [2.24, 2.45) is 0 Å². The van der Waals surface area contributed by atoms with Crippen LogP contribution in [-0.4, -0.2) is 95.7 Å². The minimum absolute atomic E-state index is 0.127. The number of amides is 1. The highest BCUT2D eigenvalue weighted by Gasteiger charge is 2.30. The van der Waals surface area contributed by atoms with E-state index in [1.54, 1.807) is 17.2 Å². The Morgan fingerprint density at radius 2 is 1.77 bits per heavy atom. The van der Waals surface area contributed by atoms with Crippen molar-refractivity contribution in [2.45, 2.75) is 38.8 Å². The van der Waals surface area contributed by atoms with Crippen molar-refractivity contribution in [3.8, 4) is 11.4 Å². The Morgan fingerprint density at radius 1 is 1.08 bits per heavy atom. The van der Waals surface area contributed by atoms with E-state index < -0.39 is 10.0 Å². The molecular formula is C27H33BrClN5O4S. The van der Waals surface area contributed by atoms with Crippen molar-refractivity contribution in [1.82, 2.24) is 23.7 Å². The second kappa shape index (κ2) is 11.4. The highest BCUT2D eigenvalue weighted by Crippen LogP contribution is 2.36. The number of piperidine rings is 1. The maximum absolute atomic E-state index is 13.8. The van der Waals surface area contributed by atoms with E-state index in [0.29, 0.717) is 35.7 Å². The number of aromatic nitrogens is 2. The average Bonchev–Trinajstić information content (AvgIpc) is 3.26. The van der Waals surface area contributed by atoms with Crippen LogP contribution in [0.25, 0.3) is 16.6 Å². The lowest BCUT2D eigenvalue weighted by molar-refractivity contribution is 0.0690. The van der Waals surface area contributed by atoms with Gasteiger partial charge in [-0.15, -0.1) is 0 Å². The van der Waals surface area contributed by atoms with Gasteiger partial charge in [0, 0.05) is 56.9 Å². The number of carbonyl (C=O) groups excluding carboxylic acids is 1. The molecule has 1 aromatic carbocycles. The van der Waals surface area contributed by atoms with Gasteiger partial charge in [-0.2, -0.15) is 4.31 Å². The molecule has 0 N–H and O–H groups in total. The highest BCUT2D eigenvalue weighted by molar-refractivity contribution is 9.10. The molecule has 9 nitrogen and oxygen atoms in total. The number of piperazine rings is 1. The largest absolute Gasteiger partial charge is 0.489 e. The van der Waals surface area contributed by atoms with Gasteiger partial charge in [0.15, 0.2) is 0 Å². The van der Waals surface area contributed by atoms with E-state index in [2.05, 4.69) is 39.7 Å². The van der Waals surface area contributed by atoms with Crippen LogP contribution in [0.5, 0.6) is 5.75 Å².